The van der Waals surface area contributed by atoms with E-state index in [1.54, 1.807) is 26.0 Å². The first-order chi connectivity index (χ1) is 15.5. The van der Waals surface area contributed by atoms with Crippen LogP contribution in [0.4, 0.5) is 0 Å². The number of hydrogen-bond donors (Lipinski definition) is 2. The van der Waals surface area contributed by atoms with Crippen LogP contribution in [0.2, 0.25) is 0 Å². The molecule has 0 aliphatic carbocycles. The van der Waals surface area contributed by atoms with Crippen LogP contribution in [0.15, 0.2) is 52.3 Å². The number of hydrogen-bond acceptors (Lipinski definition) is 6. The number of nitrogens with one attached hydrogen (secondary N) is 2. The van der Waals surface area contributed by atoms with E-state index in [1.807, 2.05) is 0 Å². The first kappa shape index (κ1) is 25.2. The summed E-state index contributed by atoms with van der Waals surface area (Å²) in [6, 6.07) is 10.2. The van der Waals surface area contributed by atoms with E-state index < -0.39 is 26.0 Å². The summed E-state index contributed by atoms with van der Waals surface area (Å²) in [5, 5.41) is 2.73. The van der Waals surface area contributed by atoms with Gasteiger partial charge in [-0.05, 0) is 62.6 Å². The molecular formula is C22H29N3O6S2. The minimum atomic E-state index is -3.87. The summed E-state index contributed by atoms with van der Waals surface area (Å²) >= 11 is 0. The molecule has 0 aromatic heterocycles. The smallest absolute Gasteiger partial charge is 0.251 e. The molecule has 1 aliphatic heterocycles. The van der Waals surface area contributed by atoms with Crippen LogP contribution in [0.25, 0.3) is 0 Å². The lowest BCUT2D eigenvalue weighted by molar-refractivity contribution is 0.0950. The minimum Gasteiger partial charge on any atom is -0.495 e. The van der Waals surface area contributed by atoms with Crippen molar-refractivity contribution in [2.24, 2.45) is 0 Å². The molecule has 1 amide bonds. The van der Waals surface area contributed by atoms with Gasteiger partial charge in [-0.25, -0.2) is 21.6 Å². The van der Waals surface area contributed by atoms with Gasteiger partial charge < -0.3 is 10.1 Å². The maximum atomic E-state index is 12.6. The van der Waals surface area contributed by atoms with Gasteiger partial charge in [0.1, 0.15) is 10.6 Å². The third-order valence-corrected chi connectivity index (χ3v) is 8.78. The Morgan fingerprint density at radius 3 is 2.24 bits per heavy atom. The molecule has 1 aliphatic rings. The van der Waals surface area contributed by atoms with Crippen LogP contribution < -0.4 is 14.8 Å². The highest BCUT2D eigenvalue weighted by Crippen LogP contribution is 2.25. The summed E-state index contributed by atoms with van der Waals surface area (Å²) in [4.78, 5) is 12.8. The summed E-state index contributed by atoms with van der Waals surface area (Å²) in [5.41, 5.74) is 0.875. The van der Waals surface area contributed by atoms with E-state index in [1.165, 1.54) is 41.7 Å². The lowest BCUT2D eigenvalue weighted by atomic mass is 10.2. The molecule has 33 heavy (non-hydrogen) atoms. The van der Waals surface area contributed by atoms with Crippen LogP contribution in [0, 0.1) is 0 Å². The molecule has 9 nitrogen and oxygen atoms in total. The number of ether oxygens (including phenoxy) is 1. The quantitative estimate of drug-likeness (QED) is 0.549. The number of benzene rings is 2. The predicted molar refractivity (Wildman–Crippen MR) is 124 cm³/mol. The molecule has 0 spiro atoms. The monoisotopic (exact) mass is 495 g/mol. The molecule has 3 rings (SSSR count). The molecular weight excluding hydrogens is 466 g/mol. The van der Waals surface area contributed by atoms with Crippen molar-refractivity contribution in [3.63, 3.8) is 0 Å². The molecule has 0 atom stereocenters. The van der Waals surface area contributed by atoms with Crippen molar-refractivity contribution in [2.45, 2.75) is 49.1 Å². The summed E-state index contributed by atoms with van der Waals surface area (Å²) in [5.74, 6) is -0.332. The molecule has 180 valence electrons. The van der Waals surface area contributed by atoms with Crippen molar-refractivity contribution in [3.05, 3.63) is 53.6 Å². The normalized spacial score (nSPS) is 15.0. The molecule has 0 bridgehead atoms. The van der Waals surface area contributed by atoms with Gasteiger partial charge in [-0.3, -0.25) is 4.79 Å². The number of sulfonamides is 2. The first-order valence-corrected chi connectivity index (χ1v) is 13.5. The van der Waals surface area contributed by atoms with E-state index in [0.29, 0.717) is 18.7 Å². The van der Waals surface area contributed by atoms with E-state index in [9.17, 15) is 21.6 Å². The van der Waals surface area contributed by atoms with Crippen molar-refractivity contribution in [1.82, 2.24) is 14.3 Å². The Labute approximate surface area is 195 Å². The molecule has 11 heteroatoms. The van der Waals surface area contributed by atoms with Gasteiger partial charge >= 0.3 is 0 Å². The van der Waals surface area contributed by atoms with Crippen LogP contribution in [0.5, 0.6) is 5.75 Å². The van der Waals surface area contributed by atoms with Crippen LogP contribution in [-0.2, 0) is 26.6 Å². The van der Waals surface area contributed by atoms with Gasteiger partial charge in [0.05, 0.1) is 12.0 Å². The average molecular weight is 496 g/mol. The molecule has 2 N–H and O–H groups in total. The third kappa shape index (κ3) is 5.91. The molecule has 1 heterocycles. The topological polar surface area (TPSA) is 122 Å². The second-order valence-electron chi connectivity index (χ2n) is 8.08. The third-order valence-electron chi connectivity index (χ3n) is 5.19. The minimum absolute atomic E-state index is 0.122. The Kier molecular flexibility index (Phi) is 7.78. The number of carbonyl (C=O) groups excluding carboxylic acids is 1. The Bertz CT molecular complexity index is 1200. The van der Waals surface area contributed by atoms with E-state index in [4.69, 9.17) is 4.74 Å². The molecule has 2 aromatic carbocycles. The van der Waals surface area contributed by atoms with Crippen molar-refractivity contribution in [3.8, 4) is 5.75 Å². The molecule has 2 aromatic rings. The van der Waals surface area contributed by atoms with Crippen LogP contribution >= 0.6 is 0 Å². The second-order valence-corrected chi connectivity index (χ2v) is 11.7. The van der Waals surface area contributed by atoms with Gasteiger partial charge in [0, 0.05) is 31.2 Å². The van der Waals surface area contributed by atoms with Crippen molar-refractivity contribution in [2.75, 3.05) is 20.2 Å². The Morgan fingerprint density at radius 1 is 1.03 bits per heavy atom. The zero-order chi connectivity index (χ0) is 24.2. The van der Waals surface area contributed by atoms with Gasteiger partial charge in [0.2, 0.25) is 20.0 Å². The zero-order valence-corrected chi connectivity index (χ0v) is 20.5. The lowest BCUT2D eigenvalue weighted by Crippen LogP contribution is -2.31. The standard InChI is InChI=1S/C22H29N3O6S2/c1-16(2)24-32(27,28)21-14-18(8-11-20(21)31-3)22(26)23-15-17-6-9-19(10-7-17)33(29,30)25-12-4-5-13-25/h6-11,14,16,24H,4-5,12-13,15H2,1-3H3,(H,23,26). The number of rotatable bonds is 9. The number of nitrogens with zero attached hydrogens (tertiary/aromatic N) is 1. The summed E-state index contributed by atoms with van der Waals surface area (Å²) < 4.78 is 59.6. The van der Waals surface area contributed by atoms with Crippen LogP contribution in [0.3, 0.4) is 0 Å². The Hall–Kier alpha value is -2.47. The van der Waals surface area contributed by atoms with E-state index in [-0.39, 0.29) is 33.7 Å². The van der Waals surface area contributed by atoms with Crippen LogP contribution in [-0.4, -0.2) is 53.3 Å². The largest absolute Gasteiger partial charge is 0.495 e. The van der Waals surface area contributed by atoms with Gasteiger partial charge in [-0.1, -0.05) is 12.1 Å². The summed E-state index contributed by atoms with van der Waals surface area (Å²) in [7, 11) is -6.00. The first-order valence-electron chi connectivity index (χ1n) is 10.6. The number of amides is 1. The molecule has 0 unspecified atom stereocenters. The molecule has 1 saturated heterocycles. The molecule has 0 saturated carbocycles. The number of carbonyl (C=O) groups is 1. The average Bonchev–Trinajstić information content (AvgIpc) is 3.32. The lowest BCUT2D eigenvalue weighted by Gasteiger charge is -2.16. The fourth-order valence-corrected chi connectivity index (χ4v) is 6.51. The number of methoxy groups -OCH3 is 1. The van der Waals surface area contributed by atoms with E-state index >= 15 is 0 Å². The van der Waals surface area contributed by atoms with Gasteiger partial charge in [0.15, 0.2) is 0 Å². The summed E-state index contributed by atoms with van der Waals surface area (Å²) in [6.07, 6.45) is 1.73. The molecule has 1 fully saturated rings. The second kappa shape index (κ2) is 10.2. The highest BCUT2D eigenvalue weighted by atomic mass is 32.2. The van der Waals surface area contributed by atoms with Crippen molar-refractivity contribution >= 4 is 26.0 Å². The highest BCUT2D eigenvalue weighted by Gasteiger charge is 2.27. The van der Waals surface area contributed by atoms with Crippen LogP contribution in [0.1, 0.15) is 42.6 Å². The van der Waals surface area contributed by atoms with Crippen molar-refractivity contribution in [1.29, 1.82) is 0 Å². The van der Waals surface area contributed by atoms with E-state index in [0.717, 1.165) is 12.8 Å². The zero-order valence-electron chi connectivity index (χ0n) is 18.9. The molecule has 0 radical (unpaired) electrons. The maximum absolute atomic E-state index is 12.6. The predicted octanol–water partition coefficient (Wildman–Crippen LogP) is 2.10. The van der Waals surface area contributed by atoms with Crippen molar-refractivity contribution < 1.29 is 26.4 Å². The van der Waals surface area contributed by atoms with Gasteiger partial charge in [-0.15, -0.1) is 0 Å². The fourth-order valence-electron chi connectivity index (χ4n) is 3.54. The van der Waals surface area contributed by atoms with E-state index in [2.05, 4.69) is 10.0 Å². The highest BCUT2D eigenvalue weighted by molar-refractivity contribution is 7.89. The Morgan fingerprint density at radius 2 is 1.67 bits per heavy atom. The SMILES string of the molecule is COc1ccc(C(=O)NCc2ccc(S(=O)(=O)N3CCCC3)cc2)cc1S(=O)(=O)NC(C)C. The fraction of sp³-hybridized carbons (Fsp3) is 0.409. The summed E-state index contributed by atoms with van der Waals surface area (Å²) in [6.45, 7) is 4.62. The van der Waals surface area contributed by atoms with Gasteiger partial charge in [0.25, 0.3) is 5.91 Å². The Balaban J connectivity index is 1.71. The van der Waals surface area contributed by atoms with Gasteiger partial charge in [-0.2, -0.15) is 4.31 Å². The maximum Gasteiger partial charge on any atom is 0.251 e.